The maximum atomic E-state index is 14.1. The number of amides is 4. The summed E-state index contributed by atoms with van der Waals surface area (Å²) in [4.78, 5) is 104. The van der Waals surface area contributed by atoms with Gasteiger partial charge in [0.05, 0.1) is 22.3 Å². The van der Waals surface area contributed by atoms with Crippen molar-refractivity contribution in [1.82, 2.24) is 5.32 Å². The summed E-state index contributed by atoms with van der Waals surface area (Å²) in [7, 11) is 1.39. The van der Waals surface area contributed by atoms with Crippen molar-refractivity contribution in [3.8, 4) is 0 Å². The van der Waals surface area contributed by atoms with Crippen LogP contribution in [0, 0.1) is 6.92 Å². The summed E-state index contributed by atoms with van der Waals surface area (Å²) in [6, 6.07) is 33.0. The average molecular weight is 899 g/mol. The summed E-state index contributed by atoms with van der Waals surface area (Å²) in [5.41, 5.74) is 2.82. The number of esters is 2. The van der Waals surface area contributed by atoms with Gasteiger partial charge in [0.15, 0.2) is 24.8 Å². The summed E-state index contributed by atoms with van der Waals surface area (Å²) in [6.07, 6.45) is 2.01. The maximum Gasteiger partial charge on any atom is 0.339 e. The molecule has 14 nitrogen and oxygen atoms in total. The molecule has 0 fully saturated rings. The Hall–Kier alpha value is -8.78. The Labute approximate surface area is 386 Å². The van der Waals surface area contributed by atoms with Crippen molar-refractivity contribution in [2.24, 2.45) is 0 Å². The Morgan fingerprint density at radius 3 is 1.39 bits per heavy atom. The Balaban J connectivity index is 1.24. The van der Waals surface area contributed by atoms with Crippen molar-refractivity contribution in [2.45, 2.75) is 26.2 Å². The summed E-state index contributed by atoms with van der Waals surface area (Å²) in [6.45, 7) is 11.1. The molecule has 0 saturated carbocycles. The highest BCUT2D eigenvalue weighted by Crippen LogP contribution is 2.35. The number of rotatable bonds is 17. The van der Waals surface area contributed by atoms with Crippen LogP contribution >= 0.6 is 0 Å². The number of hydrogen-bond acceptors (Lipinski definition) is 10. The molecular weight excluding hydrogens is 853 g/mol. The third kappa shape index (κ3) is 11.1. The molecule has 0 aliphatic heterocycles. The van der Waals surface area contributed by atoms with Gasteiger partial charge in [0, 0.05) is 51.4 Å². The molecule has 4 N–H and O–H groups in total. The molecule has 0 atom stereocenters. The van der Waals surface area contributed by atoms with Gasteiger partial charge in [-0.3, -0.25) is 28.8 Å². The van der Waals surface area contributed by atoms with Crippen molar-refractivity contribution < 1.29 is 47.8 Å². The summed E-state index contributed by atoms with van der Waals surface area (Å²) >= 11 is 0. The van der Waals surface area contributed by atoms with Gasteiger partial charge in [-0.25, -0.2) is 9.59 Å². The van der Waals surface area contributed by atoms with Gasteiger partial charge in [0.2, 0.25) is 0 Å². The molecule has 0 unspecified atom stereocenters. The number of benzene rings is 6. The van der Waals surface area contributed by atoms with E-state index in [0.717, 1.165) is 17.7 Å². The first-order valence-electron chi connectivity index (χ1n) is 20.8. The van der Waals surface area contributed by atoms with Crippen LogP contribution in [0.4, 0.5) is 17.1 Å². The number of anilines is 3. The first kappa shape index (κ1) is 47.7. The van der Waals surface area contributed by atoms with E-state index in [-0.39, 0.29) is 39.4 Å². The van der Waals surface area contributed by atoms with Crippen LogP contribution in [-0.2, 0) is 24.5 Å². The fourth-order valence-electron chi connectivity index (χ4n) is 6.97. The predicted octanol–water partition coefficient (Wildman–Crippen LogP) is 8.41. The van der Waals surface area contributed by atoms with Crippen LogP contribution in [0.15, 0.2) is 147 Å². The lowest BCUT2D eigenvalue weighted by Gasteiger charge is -2.28. The number of aryl methyl sites for hydroxylation is 1. The topological polar surface area (TPSA) is 203 Å². The zero-order valence-electron chi connectivity index (χ0n) is 37.1. The van der Waals surface area contributed by atoms with Crippen LogP contribution in [-0.4, -0.2) is 67.4 Å². The summed E-state index contributed by atoms with van der Waals surface area (Å²) in [5.74, 6) is -4.97. The Bertz CT molecular complexity index is 2990. The van der Waals surface area contributed by atoms with Gasteiger partial charge in [-0.15, -0.1) is 0 Å². The van der Waals surface area contributed by atoms with E-state index < -0.39 is 59.9 Å². The van der Waals surface area contributed by atoms with E-state index in [0.29, 0.717) is 38.8 Å². The molecule has 67 heavy (non-hydrogen) atoms. The molecule has 14 heteroatoms. The summed E-state index contributed by atoms with van der Waals surface area (Å²) < 4.78 is 10.3. The van der Waals surface area contributed by atoms with Crippen LogP contribution in [0.25, 0.3) is 10.8 Å². The van der Waals surface area contributed by atoms with Gasteiger partial charge in [-0.1, -0.05) is 81.1 Å². The molecular formula is C53H46N4O10. The maximum absolute atomic E-state index is 14.1. The standard InChI is InChI=1S/C53H46N4O10/c1-7-37(58)29-66-51(64)41-25-21-34(27-43(41)49(62)54-6)53(4,5)35-22-26-42(52(65)67-30-38(59)8-2)44(28-35)50(63)55-36-23-19-33(20-24-36)48(61)57-46-14-10-11-39-40(46)12-9-13-45(39)56-47(60)32-17-15-31(3)16-18-32/h7-28H,1-2,29-30H2,3-6H3,(H,54,62)(H,55,63)(H,56,60)(H,57,61). The van der Waals surface area contributed by atoms with E-state index in [1.807, 2.05) is 31.2 Å². The zero-order chi connectivity index (χ0) is 48.4. The first-order valence-corrected chi connectivity index (χ1v) is 20.8. The number of fused-ring (bicyclic) bond motifs is 1. The third-order valence-electron chi connectivity index (χ3n) is 10.9. The number of ether oxygens (including phenoxy) is 2. The van der Waals surface area contributed by atoms with Crippen molar-refractivity contribution in [3.05, 3.63) is 197 Å². The molecule has 0 aromatic heterocycles. The molecule has 338 valence electrons. The van der Waals surface area contributed by atoms with E-state index >= 15 is 0 Å². The minimum atomic E-state index is -0.976. The molecule has 0 saturated heterocycles. The highest BCUT2D eigenvalue weighted by Gasteiger charge is 2.30. The Morgan fingerprint density at radius 2 is 0.955 bits per heavy atom. The Kier molecular flexibility index (Phi) is 14.8. The lowest BCUT2D eigenvalue weighted by Crippen LogP contribution is -2.26. The van der Waals surface area contributed by atoms with Gasteiger partial charge in [-0.2, -0.15) is 0 Å². The number of carbonyl (C=O) groups excluding carboxylic acids is 8. The SMILES string of the molecule is C=CC(=O)COC(=O)c1ccc(C(C)(C)c2ccc(C(=O)OCC(=O)C=C)c(C(=O)Nc3ccc(C(=O)Nc4cccc5c(NC(=O)c6ccc(C)cc6)cccc45)cc3)c2)cc1C(=O)NC. The number of hydrogen-bond donors (Lipinski definition) is 4. The molecule has 0 radical (unpaired) electrons. The number of carbonyl (C=O) groups is 8. The normalized spacial score (nSPS) is 10.8. The quantitative estimate of drug-likeness (QED) is 0.0508. The second kappa shape index (κ2) is 20.8. The molecule has 6 aromatic rings. The van der Waals surface area contributed by atoms with Gasteiger partial charge in [-0.05, 0) is 103 Å². The molecule has 4 amide bonds. The van der Waals surface area contributed by atoms with E-state index in [9.17, 15) is 38.4 Å². The molecule has 0 bridgehead atoms. The second-order valence-electron chi connectivity index (χ2n) is 15.7. The van der Waals surface area contributed by atoms with Crippen molar-refractivity contribution in [2.75, 3.05) is 36.2 Å². The summed E-state index contributed by atoms with van der Waals surface area (Å²) in [5, 5.41) is 12.6. The van der Waals surface area contributed by atoms with Gasteiger partial charge in [0.25, 0.3) is 23.6 Å². The highest BCUT2D eigenvalue weighted by atomic mass is 16.5. The molecule has 0 spiro atoms. The highest BCUT2D eigenvalue weighted by molar-refractivity contribution is 6.15. The molecule has 6 rings (SSSR count). The molecule has 0 aliphatic rings. The van der Waals surface area contributed by atoms with E-state index in [2.05, 4.69) is 34.4 Å². The zero-order valence-corrected chi connectivity index (χ0v) is 37.1. The van der Waals surface area contributed by atoms with Crippen molar-refractivity contribution in [1.29, 1.82) is 0 Å². The van der Waals surface area contributed by atoms with Crippen LogP contribution in [0.2, 0.25) is 0 Å². The number of nitrogens with one attached hydrogen (secondary N) is 4. The van der Waals surface area contributed by atoms with Crippen LogP contribution in [0.5, 0.6) is 0 Å². The van der Waals surface area contributed by atoms with Gasteiger partial charge in [0.1, 0.15) is 0 Å². The molecule has 0 aliphatic carbocycles. The predicted molar refractivity (Wildman–Crippen MR) is 255 cm³/mol. The van der Waals surface area contributed by atoms with E-state index in [1.54, 1.807) is 62.4 Å². The van der Waals surface area contributed by atoms with Crippen molar-refractivity contribution >= 4 is 75.0 Å². The third-order valence-corrected chi connectivity index (χ3v) is 10.9. The van der Waals surface area contributed by atoms with E-state index in [1.165, 1.54) is 55.6 Å². The van der Waals surface area contributed by atoms with E-state index in [4.69, 9.17) is 9.47 Å². The number of ketones is 2. The minimum absolute atomic E-state index is 0.0304. The second-order valence-corrected chi connectivity index (χ2v) is 15.7. The molecule has 0 heterocycles. The van der Waals surface area contributed by atoms with Crippen molar-refractivity contribution in [3.63, 3.8) is 0 Å². The Morgan fingerprint density at radius 1 is 0.522 bits per heavy atom. The first-order chi connectivity index (χ1) is 32.0. The van der Waals surface area contributed by atoms with Gasteiger partial charge >= 0.3 is 11.9 Å². The van der Waals surface area contributed by atoms with Gasteiger partial charge < -0.3 is 30.7 Å². The fourth-order valence-corrected chi connectivity index (χ4v) is 6.97. The molecule has 6 aromatic carbocycles. The van der Waals surface area contributed by atoms with Crippen LogP contribution in [0.3, 0.4) is 0 Å². The fraction of sp³-hybridized carbons (Fsp3) is 0.132. The van der Waals surface area contributed by atoms with Crippen LogP contribution in [0.1, 0.15) is 92.7 Å². The minimum Gasteiger partial charge on any atom is -0.454 e. The lowest BCUT2D eigenvalue weighted by molar-refractivity contribution is -0.118. The largest absolute Gasteiger partial charge is 0.454 e. The smallest absolute Gasteiger partial charge is 0.339 e. The lowest BCUT2D eigenvalue weighted by atomic mass is 9.76. The van der Waals surface area contributed by atoms with Crippen LogP contribution < -0.4 is 21.3 Å². The monoisotopic (exact) mass is 898 g/mol. The average Bonchev–Trinajstić information content (AvgIpc) is 3.34.